The van der Waals surface area contributed by atoms with Crippen molar-refractivity contribution in [1.29, 1.82) is 0 Å². The zero-order valence-corrected chi connectivity index (χ0v) is 24.9. The van der Waals surface area contributed by atoms with Gasteiger partial charge in [0.25, 0.3) is 11.8 Å². The number of hydrogen-bond donors (Lipinski definition) is 2. The third-order valence-electron chi connectivity index (χ3n) is 7.95. The molecule has 45 heavy (non-hydrogen) atoms. The number of halogens is 1. The second-order valence-electron chi connectivity index (χ2n) is 11.1. The summed E-state index contributed by atoms with van der Waals surface area (Å²) in [7, 11) is 3.30. The van der Waals surface area contributed by atoms with Crippen molar-refractivity contribution in [2.75, 3.05) is 26.8 Å². The molecule has 2 aromatic heterocycles. The number of aryl methyl sites for hydroxylation is 2. The standard InChI is InChI=1S/C32H33FN6O6/c1-38-18-36-30-23(7-9-34-31(30)38)32(42)39-10-8-25-24(16-39)37-29(41)17-44-27-13-19(3-5-26(27)43-2)4-6-28(40)35-15-20-11-21(33)14-22(12-20)45-25/h3,5,7,9,11-14,18,24-25H,4,6,8,10,15-17H2,1-2H3,(H,35,40)(H,37,41)/t24-,25-/m1/s1. The zero-order valence-electron chi connectivity index (χ0n) is 24.9. The second kappa shape index (κ2) is 12.8. The van der Waals surface area contributed by atoms with E-state index in [1.165, 1.54) is 19.2 Å². The predicted octanol–water partition coefficient (Wildman–Crippen LogP) is 2.54. The Hall–Kier alpha value is -5.20. The molecule has 4 heterocycles. The topological polar surface area (TPSA) is 137 Å². The quantitative estimate of drug-likeness (QED) is 0.351. The summed E-state index contributed by atoms with van der Waals surface area (Å²) in [6, 6.07) is 10.5. The van der Waals surface area contributed by atoms with Gasteiger partial charge in [-0.3, -0.25) is 14.4 Å². The van der Waals surface area contributed by atoms with Crippen molar-refractivity contribution in [2.45, 2.75) is 38.0 Å². The lowest BCUT2D eigenvalue weighted by Crippen LogP contribution is -2.58. The number of carbonyl (C=O) groups excluding carboxylic acids is 3. The van der Waals surface area contributed by atoms with Crippen LogP contribution in [0, 0.1) is 5.82 Å². The van der Waals surface area contributed by atoms with E-state index >= 15 is 0 Å². The largest absolute Gasteiger partial charge is 0.493 e. The Morgan fingerprint density at radius 2 is 1.93 bits per heavy atom. The van der Waals surface area contributed by atoms with Gasteiger partial charge in [-0.1, -0.05) is 6.07 Å². The number of piperidine rings is 1. The molecule has 0 radical (unpaired) electrons. The summed E-state index contributed by atoms with van der Waals surface area (Å²) in [5, 5.41) is 5.80. The zero-order chi connectivity index (χ0) is 31.5. The minimum absolute atomic E-state index is 0.116. The normalized spacial score (nSPS) is 19.2. The summed E-state index contributed by atoms with van der Waals surface area (Å²) in [5.41, 5.74) is 2.83. The maximum Gasteiger partial charge on any atom is 0.258 e. The average Bonchev–Trinajstić information content (AvgIpc) is 3.42. The molecule has 2 aliphatic rings. The monoisotopic (exact) mass is 616 g/mol. The van der Waals surface area contributed by atoms with Gasteiger partial charge >= 0.3 is 0 Å². The van der Waals surface area contributed by atoms with Crippen molar-refractivity contribution in [3.8, 4) is 17.2 Å². The van der Waals surface area contributed by atoms with Crippen molar-refractivity contribution in [3.05, 3.63) is 77.5 Å². The first-order chi connectivity index (χ1) is 21.8. The van der Waals surface area contributed by atoms with Crippen LogP contribution in [0.4, 0.5) is 4.39 Å². The summed E-state index contributed by atoms with van der Waals surface area (Å²) >= 11 is 0. The maximum absolute atomic E-state index is 14.6. The predicted molar refractivity (Wildman–Crippen MR) is 160 cm³/mol. The van der Waals surface area contributed by atoms with Crippen LogP contribution < -0.4 is 24.8 Å². The molecule has 0 aliphatic carbocycles. The number of carbonyl (C=O) groups is 3. The number of pyridine rings is 1. The Kier molecular flexibility index (Phi) is 8.49. The number of rotatable bonds is 2. The number of ether oxygens (including phenoxy) is 3. The molecule has 2 aromatic carbocycles. The van der Waals surface area contributed by atoms with Crippen molar-refractivity contribution in [1.82, 2.24) is 30.1 Å². The molecule has 0 spiro atoms. The van der Waals surface area contributed by atoms with Crippen molar-refractivity contribution >= 4 is 28.9 Å². The van der Waals surface area contributed by atoms with Crippen LogP contribution in [0.3, 0.4) is 0 Å². The van der Waals surface area contributed by atoms with Crippen molar-refractivity contribution in [3.63, 3.8) is 0 Å². The summed E-state index contributed by atoms with van der Waals surface area (Å²) in [6.07, 6.45) is 3.55. The molecule has 3 amide bonds. The minimum Gasteiger partial charge on any atom is -0.493 e. The van der Waals surface area contributed by atoms with Crippen LogP contribution in [0.1, 0.15) is 34.3 Å². The molecule has 234 valence electrons. The molecule has 12 nitrogen and oxygen atoms in total. The summed E-state index contributed by atoms with van der Waals surface area (Å²) in [5.74, 6) is -0.348. The van der Waals surface area contributed by atoms with Crippen molar-refractivity contribution < 1.29 is 33.0 Å². The van der Waals surface area contributed by atoms with Crippen LogP contribution in [-0.4, -0.2) is 76.1 Å². The molecular formula is C32H33FN6O6. The Balaban J connectivity index is 1.28. The first kappa shape index (κ1) is 29.9. The Bertz CT molecular complexity index is 1760. The van der Waals surface area contributed by atoms with Crippen LogP contribution in [0.25, 0.3) is 11.2 Å². The highest BCUT2D eigenvalue weighted by Crippen LogP contribution is 2.29. The highest BCUT2D eigenvalue weighted by Gasteiger charge is 2.35. The Labute approximate surface area is 258 Å². The van der Waals surface area contributed by atoms with Gasteiger partial charge in [-0.05, 0) is 47.9 Å². The second-order valence-corrected chi connectivity index (χ2v) is 11.1. The number of nitrogens with one attached hydrogen (secondary N) is 2. The first-order valence-electron chi connectivity index (χ1n) is 14.6. The number of methoxy groups -OCH3 is 1. The molecule has 4 aromatic rings. The molecule has 2 N–H and O–H groups in total. The molecule has 0 unspecified atom stereocenters. The molecule has 0 saturated carbocycles. The van der Waals surface area contributed by atoms with Gasteiger partial charge in [0.1, 0.15) is 23.2 Å². The highest BCUT2D eigenvalue weighted by molar-refractivity contribution is 6.04. The molecule has 4 bridgehead atoms. The summed E-state index contributed by atoms with van der Waals surface area (Å²) < 4.78 is 33.9. The van der Waals surface area contributed by atoms with E-state index in [9.17, 15) is 18.8 Å². The van der Waals surface area contributed by atoms with Crippen LogP contribution in [-0.2, 0) is 29.6 Å². The number of benzene rings is 2. The van der Waals surface area contributed by atoms with E-state index in [0.29, 0.717) is 53.2 Å². The van der Waals surface area contributed by atoms with E-state index in [-0.39, 0.29) is 43.7 Å². The minimum atomic E-state index is -0.654. The van der Waals surface area contributed by atoms with E-state index < -0.39 is 23.9 Å². The van der Waals surface area contributed by atoms with Crippen LogP contribution in [0.15, 0.2) is 55.0 Å². The van der Waals surface area contributed by atoms with Crippen molar-refractivity contribution in [2.24, 2.45) is 7.05 Å². The fraction of sp³-hybridized carbons (Fsp3) is 0.344. The number of nitrogens with zero attached hydrogens (tertiary/aromatic N) is 4. The van der Waals surface area contributed by atoms with E-state index in [4.69, 9.17) is 14.2 Å². The lowest BCUT2D eigenvalue weighted by atomic mass is 10.0. The van der Waals surface area contributed by atoms with E-state index in [1.807, 2.05) is 6.07 Å². The molecule has 1 fully saturated rings. The van der Waals surface area contributed by atoms with E-state index in [2.05, 4.69) is 20.6 Å². The molecule has 6 rings (SSSR count). The fourth-order valence-corrected chi connectivity index (χ4v) is 5.66. The van der Waals surface area contributed by atoms with E-state index in [0.717, 1.165) is 5.56 Å². The molecule has 1 saturated heterocycles. The van der Waals surface area contributed by atoms with Gasteiger partial charge in [0.05, 0.1) is 25.0 Å². The lowest BCUT2D eigenvalue weighted by Gasteiger charge is -2.39. The highest BCUT2D eigenvalue weighted by atomic mass is 19.1. The first-order valence-corrected chi connectivity index (χ1v) is 14.6. The van der Waals surface area contributed by atoms with Crippen LogP contribution in [0.2, 0.25) is 0 Å². The third kappa shape index (κ3) is 6.66. The number of amides is 3. The SMILES string of the molecule is COc1ccc2cc1OCC(=O)N[C@@H]1CN(C(=O)c3ccnc4c3ncn4C)CC[C@H]1Oc1cc(F)cc(c1)CNC(=O)CC2. The number of hydrogen-bond acceptors (Lipinski definition) is 8. The van der Waals surface area contributed by atoms with Gasteiger partial charge in [0.15, 0.2) is 23.8 Å². The number of imidazole rings is 1. The third-order valence-corrected chi connectivity index (χ3v) is 7.95. The van der Waals surface area contributed by atoms with Crippen LogP contribution in [0.5, 0.6) is 17.2 Å². The smallest absolute Gasteiger partial charge is 0.258 e. The fourth-order valence-electron chi connectivity index (χ4n) is 5.66. The summed E-state index contributed by atoms with van der Waals surface area (Å²) in [6.45, 7) is 0.236. The van der Waals surface area contributed by atoms with Crippen LogP contribution >= 0.6 is 0 Å². The number of aromatic nitrogens is 3. The van der Waals surface area contributed by atoms with Gasteiger partial charge in [-0.2, -0.15) is 0 Å². The summed E-state index contributed by atoms with van der Waals surface area (Å²) in [4.78, 5) is 49.9. The van der Waals surface area contributed by atoms with Gasteiger partial charge < -0.3 is 34.3 Å². The average molecular weight is 617 g/mol. The van der Waals surface area contributed by atoms with Gasteiger partial charge in [-0.25, -0.2) is 14.4 Å². The van der Waals surface area contributed by atoms with E-state index in [1.54, 1.807) is 53.3 Å². The molecule has 2 atom stereocenters. The number of likely N-dealkylation sites (tertiary alicyclic amines) is 1. The molecular weight excluding hydrogens is 583 g/mol. The molecule has 2 aliphatic heterocycles. The lowest BCUT2D eigenvalue weighted by molar-refractivity contribution is -0.125. The molecule has 13 heteroatoms. The van der Waals surface area contributed by atoms with Gasteiger partial charge in [0, 0.05) is 51.8 Å². The van der Waals surface area contributed by atoms with Gasteiger partial charge in [0.2, 0.25) is 5.91 Å². The van der Waals surface area contributed by atoms with Gasteiger partial charge in [-0.15, -0.1) is 0 Å². The Morgan fingerprint density at radius 1 is 1.07 bits per heavy atom. The maximum atomic E-state index is 14.6. The Morgan fingerprint density at radius 3 is 2.78 bits per heavy atom. The number of fused-ring (bicyclic) bond motifs is 6.